The van der Waals surface area contributed by atoms with Crippen LogP contribution in [0, 0.1) is 13.8 Å². The van der Waals surface area contributed by atoms with Gasteiger partial charge in [-0.15, -0.1) is 24.8 Å². The fraction of sp³-hybridized carbons (Fsp3) is 0.611. The minimum absolute atomic E-state index is 0. The summed E-state index contributed by atoms with van der Waals surface area (Å²) in [4.78, 5) is 8.14. The molecule has 0 aliphatic carbocycles. The summed E-state index contributed by atoms with van der Waals surface area (Å²) in [6, 6.07) is 4.25. The fourth-order valence-corrected chi connectivity index (χ4v) is 3.29. The van der Waals surface area contributed by atoms with E-state index in [-0.39, 0.29) is 24.8 Å². The molecule has 0 spiro atoms. The van der Waals surface area contributed by atoms with E-state index in [1.165, 1.54) is 11.1 Å². The summed E-state index contributed by atoms with van der Waals surface area (Å²) < 4.78 is 0. The predicted octanol–water partition coefficient (Wildman–Crippen LogP) is 2.66. The van der Waals surface area contributed by atoms with E-state index in [4.69, 9.17) is 4.98 Å². The number of nitrogens with one attached hydrogen (secondary N) is 3. The first-order chi connectivity index (χ1) is 11.1. The number of H-pyrrole nitrogens is 1. The van der Waals surface area contributed by atoms with Crippen LogP contribution in [0.5, 0.6) is 0 Å². The smallest absolute Gasteiger partial charge is 0.107 e. The third-order valence-corrected chi connectivity index (χ3v) is 4.90. The molecule has 1 saturated heterocycles. The van der Waals surface area contributed by atoms with Gasteiger partial charge < -0.3 is 20.7 Å². The van der Waals surface area contributed by atoms with Crippen LogP contribution in [0.1, 0.15) is 36.2 Å². The number of piperidine rings is 1. The molecule has 1 aromatic heterocycles. The monoisotopic (exact) mass is 388 g/mol. The molecule has 0 saturated carbocycles. The maximum atomic E-state index is 10.4. The first-order valence-corrected chi connectivity index (χ1v) is 8.66. The van der Waals surface area contributed by atoms with Gasteiger partial charge in [-0.2, -0.15) is 0 Å². The maximum absolute atomic E-state index is 10.4. The highest BCUT2D eigenvalue weighted by atomic mass is 35.5. The van der Waals surface area contributed by atoms with Crippen molar-refractivity contribution < 1.29 is 5.11 Å². The van der Waals surface area contributed by atoms with Gasteiger partial charge >= 0.3 is 0 Å². The number of fused-ring (bicyclic) bond motifs is 1. The summed E-state index contributed by atoms with van der Waals surface area (Å²) >= 11 is 0. The van der Waals surface area contributed by atoms with Gasteiger partial charge in [-0.1, -0.05) is 6.07 Å². The molecule has 1 aromatic carbocycles. The number of hydrogen-bond donors (Lipinski definition) is 4. The number of aromatic nitrogens is 2. The predicted molar refractivity (Wildman–Crippen MR) is 108 cm³/mol. The summed E-state index contributed by atoms with van der Waals surface area (Å²) in [5, 5.41) is 17.0. The van der Waals surface area contributed by atoms with Crippen LogP contribution in [0.3, 0.4) is 0 Å². The molecule has 3 rings (SSSR count). The van der Waals surface area contributed by atoms with Gasteiger partial charge in [-0.05, 0) is 63.4 Å². The van der Waals surface area contributed by atoms with Gasteiger partial charge in [0.05, 0.1) is 16.6 Å². The Morgan fingerprint density at radius 2 is 2.08 bits per heavy atom. The van der Waals surface area contributed by atoms with E-state index in [0.29, 0.717) is 13.1 Å². The molecule has 7 heteroatoms. The van der Waals surface area contributed by atoms with E-state index >= 15 is 0 Å². The Bertz CT molecular complexity index is 668. The fourth-order valence-electron chi connectivity index (χ4n) is 3.29. The summed E-state index contributed by atoms with van der Waals surface area (Å²) in [6.07, 6.45) is 3.88. The average molecular weight is 389 g/mol. The number of benzene rings is 1. The van der Waals surface area contributed by atoms with Gasteiger partial charge in [0, 0.05) is 19.5 Å². The number of aliphatic hydroxyl groups is 1. The molecule has 1 aliphatic heterocycles. The van der Waals surface area contributed by atoms with E-state index in [1.54, 1.807) is 0 Å². The summed E-state index contributed by atoms with van der Waals surface area (Å²) in [7, 11) is 0. The second-order valence-electron chi connectivity index (χ2n) is 6.87. The van der Waals surface area contributed by atoms with Crippen molar-refractivity contribution in [3.05, 3.63) is 29.1 Å². The molecule has 1 atom stereocenters. The molecular formula is C18H30Cl2N4O. The molecular weight excluding hydrogens is 359 g/mol. The third-order valence-electron chi connectivity index (χ3n) is 4.90. The third kappa shape index (κ3) is 5.56. The van der Waals surface area contributed by atoms with Crippen LogP contribution in [0.15, 0.2) is 12.1 Å². The zero-order valence-corrected chi connectivity index (χ0v) is 16.7. The highest BCUT2D eigenvalue weighted by Gasteiger charge is 2.28. The molecule has 2 heterocycles. The summed E-state index contributed by atoms with van der Waals surface area (Å²) in [5.41, 5.74) is 4.18. The first kappa shape index (κ1) is 22.2. The quantitative estimate of drug-likeness (QED) is 0.574. The van der Waals surface area contributed by atoms with Gasteiger partial charge in [-0.3, -0.25) is 0 Å². The van der Waals surface area contributed by atoms with Gasteiger partial charge in [-0.25, -0.2) is 4.98 Å². The highest BCUT2D eigenvalue weighted by molar-refractivity contribution is 5.85. The molecule has 25 heavy (non-hydrogen) atoms. The van der Waals surface area contributed by atoms with E-state index in [2.05, 4.69) is 41.6 Å². The lowest BCUT2D eigenvalue weighted by atomic mass is 9.94. The molecule has 1 unspecified atom stereocenters. The summed E-state index contributed by atoms with van der Waals surface area (Å²) in [5.74, 6) is 1.05. The zero-order chi connectivity index (χ0) is 16.3. The Morgan fingerprint density at radius 1 is 1.28 bits per heavy atom. The largest absolute Gasteiger partial charge is 0.387 e. The van der Waals surface area contributed by atoms with Crippen molar-refractivity contribution in [2.45, 2.75) is 45.1 Å². The number of aromatic amines is 1. The van der Waals surface area contributed by atoms with Crippen molar-refractivity contribution in [3.8, 4) is 0 Å². The topological polar surface area (TPSA) is 73.0 Å². The number of rotatable bonds is 6. The van der Waals surface area contributed by atoms with Crippen molar-refractivity contribution in [2.24, 2.45) is 0 Å². The standard InChI is InChI=1S/C18H28N4O.2ClH/c1-13-6-7-15-17(14(13)2)22-16(21-15)5-3-9-19-11-18(23)8-4-10-20-12-18;;/h6-7,19-20,23H,3-5,8-12H2,1-2H3,(H,21,22);2*1H. The molecule has 0 amide bonds. The lowest BCUT2D eigenvalue weighted by molar-refractivity contribution is 0.0173. The molecule has 5 nitrogen and oxygen atoms in total. The number of hydrogen-bond acceptors (Lipinski definition) is 4. The van der Waals surface area contributed by atoms with E-state index in [9.17, 15) is 5.11 Å². The SMILES string of the molecule is Cc1ccc2[nH]c(CCCNCC3(O)CCCNC3)nc2c1C.Cl.Cl. The van der Waals surface area contributed by atoms with Crippen LogP contribution in [0.25, 0.3) is 11.0 Å². The lowest BCUT2D eigenvalue weighted by Gasteiger charge is -2.32. The number of halogens is 2. The van der Waals surface area contributed by atoms with Crippen molar-refractivity contribution in [1.29, 1.82) is 0 Å². The van der Waals surface area contributed by atoms with Crippen molar-refractivity contribution in [1.82, 2.24) is 20.6 Å². The Kier molecular flexibility index (Phi) is 8.64. The molecule has 2 aromatic rings. The van der Waals surface area contributed by atoms with Crippen LogP contribution < -0.4 is 10.6 Å². The van der Waals surface area contributed by atoms with Gasteiger partial charge in [0.15, 0.2) is 0 Å². The van der Waals surface area contributed by atoms with Gasteiger partial charge in [0.2, 0.25) is 0 Å². The minimum atomic E-state index is -0.577. The second kappa shape index (κ2) is 9.74. The lowest BCUT2D eigenvalue weighted by Crippen LogP contribution is -2.52. The number of β-amino-alcohol motifs (C(OH)–C–C–N with tert-alkyl or cyclic N) is 1. The first-order valence-electron chi connectivity index (χ1n) is 8.66. The van der Waals surface area contributed by atoms with E-state index < -0.39 is 5.60 Å². The number of imidazole rings is 1. The highest BCUT2D eigenvalue weighted by Crippen LogP contribution is 2.19. The average Bonchev–Trinajstić information content (AvgIpc) is 2.95. The molecule has 0 radical (unpaired) electrons. The normalized spacial score (nSPS) is 20.1. The molecule has 1 aliphatic rings. The Hall–Kier alpha value is -0.850. The second-order valence-corrected chi connectivity index (χ2v) is 6.87. The number of aryl methyl sites for hydroxylation is 3. The van der Waals surface area contributed by atoms with Crippen molar-refractivity contribution in [2.75, 3.05) is 26.2 Å². The summed E-state index contributed by atoms with van der Waals surface area (Å²) in [6.45, 7) is 7.53. The van der Waals surface area contributed by atoms with Crippen LogP contribution >= 0.6 is 24.8 Å². The minimum Gasteiger partial charge on any atom is -0.387 e. The van der Waals surface area contributed by atoms with Crippen molar-refractivity contribution in [3.63, 3.8) is 0 Å². The Labute approximate surface area is 162 Å². The molecule has 0 bridgehead atoms. The van der Waals surface area contributed by atoms with E-state index in [0.717, 1.165) is 55.6 Å². The molecule has 4 N–H and O–H groups in total. The van der Waals surface area contributed by atoms with E-state index in [1.807, 2.05) is 0 Å². The molecule has 142 valence electrons. The van der Waals surface area contributed by atoms with Gasteiger partial charge in [0.25, 0.3) is 0 Å². The van der Waals surface area contributed by atoms with Crippen LogP contribution in [0.2, 0.25) is 0 Å². The Balaban J connectivity index is 0.00000156. The van der Waals surface area contributed by atoms with Crippen LogP contribution in [-0.2, 0) is 6.42 Å². The maximum Gasteiger partial charge on any atom is 0.107 e. The van der Waals surface area contributed by atoms with Crippen LogP contribution in [-0.4, -0.2) is 46.9 Å². The zero-order valence-electron chi connectivity index (χ0n) is 15.0. The van der Waals surface area contributed by atoms with Crippen molar-refractivity contribution >= 4 is 35.8 Å². The Morgan fingerprint density at radius 3 is 2.80 bits per heavy atom. The van der Waals surface area contributed by atoms with Gasteiger partial charge in [0.1, 0.15) is 5.82 Å². The van der Waals surface area contributed by atoms with Crippen LogP contribution in [0.4, 0.5) is 0 Å². The number of nitrogens with zero attached hydrogens (tertiary/aromatic N) is 1. The molecule has 1 fully saturated rings.